The smallest absolute Gasteiger partial charge is 0.412 e. The summed E-state index contributed by atoms with van der Waals surface area (Å²) in [4.78, 5) is 24.9. The second-order valence-electron chi connectivity index (χ2n) is 7.21. The summed E-state index contributed by atoms with van der Waals surface area (Å²) < 4.78 is 11.3. The molecule has 8 nitrogen and oxygen atoms in total. The Kier molecular flexibility index (Phi) is 9.07. The lowest BCUT2D eigenvalue weighted by Crippen LogP contribution is -2.18. The molecule has 0 fully saturated rings. The Labute approximate surface area is 198 Å². The van der Waals surface area contributed by atoms with Gasteiger partial charge >= 0.3 is 6.09 Å². The maximum absolute atomic E-state index is 12.6. The average Bonchev–Trinajstić information content (AvgIpc) is 2.84. The number of aliphatic hydroxyl groups is 1. The van der Waals surface area contributed by atoms with Crippen molar-refractivity contribution in [3.05, 3.63) is 96.6 Å². The number of hydrogen-bond donors (Lipinski definition) is 4. The zero-order chi connectivity index (χ0) is 24.2. The average molecular weight is 462 g/mol. The van der Waals surface area contributed by atoms with Gasteiger partial charge in [0.15, 0.2) is 0 Å². The van der Waals surface area contributed by atoms with Crippen LogP contribution in [0.15, 0.2) is 91.0 Å². The maximum Gasteiger partial charge on any atom is 0.412 e. The fraction of sp³-hybridized carbons (Fsp3) is 0.154. The van der Waals surface area contributed by atoms with Crippen LogP contribution in [-0.4, -0.2) is 30.3 Å². The van der Waals surface area contributed by atoms with Crippen LogP contribution in [-0.2, 0) is 9.53 Å². The SMILES string of the molecule is Nc1ccccc1NC(=O)/C=C/C[C@@H](OC(=O)Nc1ccccc1)c1ccccc1OCCO. The van der Waals surface area contributed by atoms with Crippen LogP contribution >= 0.6 is 0 Å². The third kappa shape index (κ3) is 7.39. The summed E-state index contributed by atoms with van der Waals surface area (Å²) in [5, 5.41) is 14.5. The Hall–Kier alpha value is -4.30. The molecular formula is C26H27N3O5. The van der Waals surface area contributed by atoms with E-state index in [9.17, 15) is 9.59 Å². The molecule has 8 heteroatoms. The molecule has 0 saturated heterocycles. The Morgan fingerprint density at radius 2 is 1.65 bits per heavy atom. The number of carbonyl (C=O) groups is 2. The van der Waals surface area contributed by atoms with Gasteiger partial charge in [0.1, 0.15) is 18.5 Å². The number of hydrogen-bond acceptors (Lipinski definition) is 6. The molecule has 0 aliphatic rings. The third-order valence-corrected chi connectivity index (χ3v) is 4.72. The Balaban J connectivity index is 1.73. The number of para-hydroxylation sites is 4. The van der Waals surface area contributed by atoms with E-state index >= 15 is 0 Å². The highest BCUT2D eigenvalue weighted by Gasteiger charge is 2.20. The Morgan fingerprint density at radius 1 is 0.941 bits per heavy atom. The van der Waals surface area contributed by atoms with Gasteiger partial charge in [-0.05, 0) is 36.4 Å². The highest BCUT2D eigenvalue weighted by atomic mass is 16.6. The van der Waals surface area contributed by atoms with Crippen LogP contribution in [0.5, 0.6) is 5.75 Å². The monoisotopic (exact) mass is 461 g/mol. The summed E-state index contributed by atoms with van der Waals surface area (Å²) >= 11 is 0. The molecule has 0 spiro atoms. The number of ether oxygens (including phenoxy) is 2. The lowest BCUT2D eigenvalue weighted by molar-refractivity contribution is -0.111. The molecule has 5 N–H and O–H groups in total. The molecule has 0 heterocycles. The van der Waals surface area contributed by atoms with E-state index in [2.05, 4.69) is 10.6 Å². The van der Waals surface area contributed by atoms with Gasteiger partial charge in [0.25, 0.3) is 0 Å². The van der Waals surface area contributed by atoms with E-state index in [1.807, 2.05) is 6.07 Å². The minimum atomic E-state index is -0.746. The number of nitrogen functional groups attached to an aromatic ring is 1. The van der Waals surface area contributed by atoms with E-state index in [1.165, 1.54) is 6.08 Å². The molecule has 0 unspecified atom stereocenters. The summed E-state index contributed by atoms with van der Waals surface area (Å²) in [5.74, 6) is 0.110. The van der Waals surface area contributed by atoms with Crippen molar-refractivity contribution in [2.75, 3.05) is 29.6 Å². The van der Waals surface area contributed by atoms with Gasteiger partial charge in [0.05, 0.1) is 18.0 Å². The molecule has 0 aliphatic carbocycles. The Morgan fingerprint density at radius 3 is 2.41 bits per heavy atom. The van der Waals surface area contributed by atoms with E-state index in [-0.39, 0.29) is 25.5 Å². The third-order valence-electron chi connectivity index (χ3n) is 4.72. The largest absolute Gasteiger partial charge is 0.491 e. The summed E-state index contributed by atoms with van der Waals surface area (Å²) in [5.41, 5.74) is 8.02. The number of nitrogens with one attached hydrogen (secondary N) is 2. The lowest BCUT2D eigenvalue weighted by Gasteiger charge is -2.20. The predicted octanol–water partition coefficient (Wildman–Crippen LogP) is 4.51. The predicted molar refractivity (Wildman–Crippen MR) is 132 cm³/mol. The second kappa shape index (κ2) is 12.7. The summed E-state index contributed by atoms with van der Waals surface area (Å²) in [6, 6.07) is 22.9. The van der Waals surface area contributed by atoms with Crippen molar-refractivity contribution in [3.8, 4) is 5.75 Å². The second-order valence-corrected chi connectivity index (χ2v) is 7.21. The first-order valence-corrected chi connectivity index (χ1v) is 10.7. The van der Waals surface area contributed by atoms with Gasteiger partial charge in [0, 0.05) is 17.7 Å². The molecule has 0 aromatic heterocycles. The molecule has 0 bridgehead atoms. The minimum absolute atomic E-state index is 0.0939. The van der Waals surface area contributed by atoms with Gasteiger partial charge in [0.2, 0.25) is 5.91 Å². The van der Waals surface area contributed by atoms with Crippen LogP contribution in [0.25, 0.3) is 0 Å². The first kappa shape index (κ1) is 24.3. The van der Waals surface area contributed by atoms with Gasteiger partial charge in [-0.1, -0.05) is 54.6 Å². The van der Waals surface area contributed by atoms with Crippen LogP contribution in [0.2, 0.25) is 0 Å². The standard InChI is InChI=1S/C26H27N3O5/c27-21-12-5-6-13-22(21)29-25(31)16-8-15-24(20-11-4-7-14-23(20)33-18-17-30)34-26(32)28-19-9-2-1-3-10-19/h1-14,16,24,30H,15,17-18,27H2,(H,28,32)(H,29,31)/b16-8+/t24-/m1/s1. The lowest BCUT2D eigenvalue weighted by atomic mass is 10.0. The van der Waals surface area contributed by atoms with Crippen molar-refractivity contribution in [1.82, 2.24) is 0 Å². The van der Waals surface area contributed by atoms with Crippen molar-refractivity contribution in [1.29, 1.82) is 0 Å². The fourth-order valence-corrected chi connectivity index (χ4v) is 3.15. The first-order chi connectivity index (χ1) is 16.6. The van der Waals surface area contributed by atoms with Crippen LogP contribution in [0.3, 0.4) is 0 Å². The molecule has 2 amide bonds. The Bertz CT molecular complexity index is 1120. The molecule has 3 aromatic rings. The first-order valence-electron chi connectivity index (χ1n) is 10.7. The zero-order valence-electron chi connectivity index (χ0n) is 18.5. The summed E-state index contributed by atoms with van der Waals surface area (Å²) in [6.45, 7) is -0.0618. The van der Waals surface area contributed by atoms with E-state index < -0.39 is 12.2 Å². The van der Waals surface area contributed by atoms with Gasteiger partial charge in [-0.3, -0.25) is 10.1 Å². The van der Waals surface area contributed by atoms with Gasteiger partial charge in [-0.2, -0.15) is 0 Å². The van der Waals surface area contributed by atoms with Crippen LogP contribution in [0, 0.1) is 0 Å². The van der Waals surface area contributed by atoms with Gasteiger partial charge < -0.3 is 25.6 Å². The molecular weight excluding hydrogens is 434 g/mol. The minimum Gasteiger partial charge on any atom is -0.491 e. The molecule has 0 aliphatic heterocycles. The summed E-state index contributed by atoms with van der Waals surface area (Å²) in [6.07, 6.45) is 1.78. The number of nitrogens with two attached hydrogens (primary N) is 1. The zero-order valence-corrected chi connectivity index (χ0v) is 18.5. The van der Waals surface area contributed by atoms with Crippen molar-refractivity contribution >= 4 is 29.1 Å². The van der Waals surface area contributed by atoms with Crippen molar-refractivity contribution in [3.63, 3.8) is 0 Å². The molecule has 176 valence electrons. The van der Waals surface area contributed by atoms with Crippen molar-refractivity contribution in [2.24, 2.45) is 0 Å². The molecule has 3 aromatic carbocycles. The van der Waals surface area contributed by atoms with Crippen molar-refractivity contribution in [2.45, 2.75) is 12.5 Å². The fourth-order valence-electron chi connectivity index (χ4n) is 3.15. The molecule has 1 atom stereocenters. The van der Waals surface area contributed by atoms with Crippen LogP contribution < -0.4 is 21.1 Å². The topological polar surface area (TPSA) is 123 Å². The van der Waals surface area contributed by atoms with E-state index in [4.69, 9.17) is 20.3 Å². The number of aliphatic hydroxyl groups excluding tert-OH is 1. The van der Waals surface area contributed by atoms with Gasteiger partial charge in [-0.25, -0.2) is 4.79 Å². The van der Waals surface area contributed by atoms with Crippen LogP contribution in [0.1, 0.15) is 18.1 Å². The maximum atomic E-state index is 12.6. The van der Waals surface area contributed by atoms with Crippen LogP contribution in [0.4, 0.5) is 21.9 Å². The van der Waals surface area contributed by atoms with Gasteiger partial charge in [-0.15, -0.1) is 0 Å². The highest BCUT2D eigenvalue weighted by molar-refractivity contribution is 6.01. The number of carbonyl (C=O) groups excluding carboxylic acids is 2. The normalized spacial score (nSPS) is 11.6. The number of benzene rings is 3. The van der Waals surface area contributed by atoms with E-state index in [0.717, 1.165) is 0 Å². The molecule has 0 saturated carbocycles. The molecule has 3 rings (SSSR count). The number of rotatable bonds is 10. The quantitative estimate of drug-likeness (QED) is 0.260. The van der Waals surface area contributed by atoms with E-state index in [0.29, 0.717) is 28.4 Å². The summed E-state index contributed by atoms with van der Waals surface area (Å²) in [7, 11) is 0. The molecule has 0 radical (unpaired) electrons. The van der Waals surface area contributed by atoms with Crippen molar-refractivity contribution < 1.29 is 24.2 Å². The number of amides is 2. The highest BCUT2D eigenvalue weighted by Crippen LogP contribution is 2.31. The number of anilines is 3. The van der Waals surface area contributed by atoms with E-state index in [1.54, 1.807) is 78.9 Å². The molecule has 34 heavy (non-hydrogen) atoms.